The number of carbonyl (C=O) groups excluding carboxylic acids is 2. The van der Waals surface area contributed by atoms with E-state index in [1.54, 1.807) is 6.92 Å². The van der Waals surface area contributed by atoms with Crippen LogP contribution in [0.3, 0.4) is 0 Å². The van der Waals surface area contributed by atoms with Crippen LogP contribution in [0.15, 0.2) is 42.2 Å². The summed E-state index contributed by atoms with van der Waals surface area (Å²) in [6.07, 6.45) is 0.571. The van der Waals surface area contributed by atoms with E-state index < -0.39 is 18.0 Å². The molecule has 1 aromatic rings. The summed E-state index contributed by atoms with van der Waals surface area (Å²) in [5.41, 5.74) is 0.877. The summed E-state index contributed by atoms with van der Waals surface area (Å²) in [5, 5.41) is 0. The molecule has 0 aromatic heterocycles. The zero-order chi connectivity index (χ0) is 14.3. The molecule has 0 aliphatic carbocycles. The number of rotatable bonds is 5. The van der Waals surface area contributed by atoms with Crippen LogP contribution in [0.2, 0.25) is 0 Å². The lowest BCUT2D eigenvalue weighted by Gasteiger charge is -2.16. The van der Waals surface area contributed by atoms with Gasteiger partial charge in [-0.3, -0.25) is 0 Å². The minimum absolute atomic E-state index is 0.189. The lowest BCUT2D eigenvalue weighted by atomic mass is 10.1. The fraction of sp³-hybridized carbons (Fsp3) is 0.286. The van der Waals surface area contributed by atoms with Crippen molar-refractivity contribution in [2.24, 2.45) is 0 Å². The molecule has 0 amide bonds. The van der Waals surface area contributed by atoms with Gasteiger partial charge in [-0.25, -0.2) is 9.59 Å². The summed E-state index contributed by atoms with van der Waals surface area (Å²) >= 11 is 0. The monoisotopic (exact) mass is 264 g/mol. The van der Waals surface area contributed by atoms with Gasteiger partial charge in [-0.15, -0.1) is 0 Å². The molecule has 0 spiro atoms. The average Bonchev–Trinajstić information content (AvgIpc) is 2.46. The van der Waals surface area contributed by atoms with Gasteiger partial charge in [0.15, 0.2) is 0 Å². The number of methoxy groups -OCH3 is 2. The van der Waals surface area contributed by atoms with Crippen LogP contribution in [0.25, 0.3) is 0 Å². The molecular weight excluding hydrogens is 248 g/mol. The normalized spacial score (nSPS) is 12.5. The Balaban J connectivity index is 2.87. The summed E-state index contributed by atoms with van der Waals surface area (Å²) in [6, 6.07) is 9.31. The second kappa shape index (κ2) is 7.20. The highest BCUT2D eigenvalue weighted by molar-refractivity contribution is 5.94. The Morgan fingerprint density at radius 2 is 1.74 bits per heavy atom. The molecule has 102 valence electrons. The maximum absolute atomic E-state index is 11.5. The van der Waals surface area contributed by atoms with E-state index >= 15 is 0 Å². The van der Waals surface area contributed by atoms with E-state index in [1.165, 1.54) is 14.2 Å². The van der Waals surface area contributed by atoms with Crippen LogP contribution in [-0.4, -0.2) is 26.2 Å². The quantitative estimate of drug-likeness (QED) is 0.462. The first-order valence-electron chi connectivity index (χ1n) is 5.68. The maximum atomic E-state index is 11.5. The van der Waals surface area contributed by atoms with Gasteiger partial charge in [0.05, 0.1) is 20.3 Å². The van der Waals surface area contributed by atoms with Gasteiger partial charge >= 0.3 is 11.9 Å². The Morgan fingerprint density at radius 3 is 2.26 bits per heavy atom. The molecule has 0 aliphatic heterocycles. The minimum Gasteiger partial charge on any atom is -0.478 e. The highest BCUT2D eigenvalue weighted by Crippen LogP contribution is 2.20. The molecule has 1 atom stereocenters. The van der Waals surface area contributed by atoms with Crippen molar-refractivity contribution in [1.29, 1.82) is 0 Å². The molecule has 19 heavy (non-hydrogen) atoms. The summed E-state index contributed by atoms with van der Waals surface area (Å²) in [6.45, 7) is 1.77. The van der Waals surface area contributed by atoms with Gasteiger partial charge in [0.2, 0.25) is 5.76 Å². The van der Waals surface area contributed by atoms with Crippen molar-refractivity contribution >= 4 is 11.9 Å². The molecule has 0 saturated carbocycles. The summed E-state index contributed by atoms with van der Waals surface area (Å²) in [5.74, 6) is -1.60. The first kappa shape index (κ1) is 14.8. The standard InChI is InChI=1S/C14H16O5/c1-10(11-7-5-4-6-8-11)19-12(14(16)18-3)9-13(15)17-2/h4-10H,1-3H3/b12-9-. The van der Waals surface area contributed by atoms with E-state index in [9.17, 15) is 9.59 Å². The van der Waals surface area contributed by atoms with E-state index in [4.69, 9.17) is 4.74 Å². The van der Waals surface area contributed by atoms with Gasteiger partial charge in [-0.2, -0.15) is 0 Å². The van der Waals surface area contributed by atoms with Crippen LogP contribution in [0, 0.1) is 0 Å². The molecule has 0 N–H and O–H groups in total. The smallest absolute Gasteiger partial charge is 0.373 e. The molecular formula is C14H16O5. The second-order valence-corrected chi connectivity index (χ2v) is 3.69. The molecule has 0 heterocycles. The van der Waals surface area contributed by atoms with E-state index in [0.29, 0.717) is 0 Å². The van der Waals surface area contributed by atoms with Gasteiger partial charge in [0.25, 0.3) is 0 Å². The molecule has 5 nitrogen and oxygen atoms in total. The number of carbonyl (C=O) groups is 2. The maximum Gasteiger partial charge on any atom is 0.373 e. The Kier molecular flexibility index (Phi) is 5.60. The zero-order valence-electron chi connectivity index (χ0n) is 11.1. The fourth-order valence-corrected chi connectivity index (χ4v) is 1.39. The van der Waals surface area contributed by atoms with Crippen LogP contribution in [-0.2, 0) is 23.8 Å². The predicted molar refractivity (Wildman–Crippen MR) is 68.1 cm³/mol. The fourth-order valence-electron chi connectivity index (χ4n) is 1.39. The lowest BCUT2D eigenvalue weighted by Crippen LogP contribution is -2.13. The third kappa shape index (κ3) is 4.46. The number of ether oxygens (including phenoxy) is 3. The third-order valence-electron chi connectivity index (χ3n) is 2.41. The lowest BCUT2D eigenvalue weighted by molar-refractivity contribution is -0.143. The molecule has 5 heteroatoms. The number of benzene rings is 1. The Morgan fingerprint density at radius 1 is 1.11 bits per heavy atom. The Labute approximate surface area is 111 Å². The first-order chi connectivity index (χ1) is 9.08. The molecule has 1 rings (SSSR count). The number of hydrogen-bond acceptors (Lipinski definition) is 5. The predicted octanol–water partition coefficient (Wildman–Crippen LogP) is 1.99. The van der Waals surface area contributed by atoms with Crippen LogP contribution in [0.1, 0.15) is 18.6 Å². The molecule has 0 fully saturated rings. The van der Waals surface area contributed by atoms with Crippen molar-refractivity contribution in [2.75, 3.05) is 14.2 Å². The van der Waals surface area contributed by atoms with Crippen molar-refractivity contribution in [2.45, 2.75) is 13.0 Å². The largest absolute Gasteiger partial charge is 0.478 e. The molecule has 0 bridgehead atoms. The average molecular weight is 264 g/mol. The van der Waals surface area contributed by atoms with Crippen LogP contribution in [0.5, 0.6) is 0 Å². The molecule has 0 saturated heterocycles. The van der Waals surface area contributed by atoms with E-state index in [0.717, 1.165) is 11.6 Å². The van der Waals surface area contributed by atoms with E-state index in [1.807, 2.05) is 30.3 Å². The van der Waals surface area contributed by atoms with Crippen LogP contribution < -0.4 is 0 Å². The first-order valence-corrected chi connectivity index (χ1v) is 5.68. The van der Waals surface area contributed by atoms with Gasteiger partial charge < -0.3 is 14.2 Å². The van der Waals surface area contributed by atoms with Crippen molar-refractivity contribution in [3.8, 4) is 0 Å². The molecule has 1 unspecified atom stereocenters. The Bertz CT molecular complexity index is 464. The van der Waals surface area contributed by atoms with Gasteiger partial charge in [0.1, 0.15) is 6.10 Å². The third-order valence-corrected chi connectivity index (χ3v) is 2.41. The highest BCUT2D eigenvalue weighted by atomic mass is 16.6. The van der Waals surface area contributed by atoms with E-state index in [-0.39, 0.29) is 5.76 Å². The van der Waals surface area contributed by atoms with Crippen LogP contribution >= 0.6 is 0 Å². The summed E-state index contributed by atoms with van der Waals surface area (Å²) < 4.78 is 14.5. The molecule has 0 aliphatic rings. The Hall–Kier alpha value is -2.30. The van der Waals surface area contributed by atoms with Crippen molar-refractivity contribution in [3.05, 3.63) is 47.7 Å². The van der Waals surface area contributed by atoms with Gasteiger partial charge in [0, 0.05) is 0 Å². The zero-order valence-corrected chi connectivity index (χ0v) is 11.1. The SMILES string of the molecule is COC(=O)/C=C(\OC(C)c1ccccc1)C(=O)OC. The molecule has 1 aromatic carbocycles. The van der Waals surface area contributed by atoms with Gasteiger partial charge in [-0.1, -0.05) is 30.3 Å². The molecule has 0 radical (unpaired) electrons. The highest BCUT2D eigenvalue weighted by Gasteiger charge is 2.18. The van der Waals surface area contributed by atoms with Crippen molar-refractivity contribution < 1.29 is 23.8 Å². The summed E-state index contributed by atoms with van der Waals surface area (Å²) in [7, 11) is 2.43. The number of esters is 2. The second-order valence-electron chi connectivity index (χ2n) is 3.69. The topological polar surface area (TPSA) is 61.8 Å². The van der Waals surface area contributed by atoms with Crippen molar-refractivity contribution in [3.63, 3.8) is 0 Å². The summed E-state index contributed by atoms with van der Waals surface area (Å²) in [4.78, 5) is 22.7. The minimum atomic E-state index is -0.729. The van der Waals surface area contributed by atoms with Crippen molar-refractivity contribution in [1.82, 2.24) is 0 Å². The number of hydrogen-bond donors (Lipinski definition) is 0. The van der Waals surface area contributed by atoms with E-state index in [2.05, 4.69) is 9.47 Å². The van der Waals surface area contributed by atoms with Gasteiger partial charge in [-0.05, 0) is 12.5 Å². The van der Waals surface area contributed by atoms with Crippen LogP contribution in [0.4, 0.5) is 0 Å².